The van der Waals surface area contributed by atoms with Crippen molar-refractivity contribution in [1.82, 2.24) is 15.0 Å². The normalized spacial score (nSPS) is 12.2. The van der Waals surface area contributed by atoms with E-state index in [9.17, 15) is 0 Å². The molecule has 1 aromatic heterocycles. The Bertz CT molecular complexity index is 336. The van der Waals surface area contributed by atoms with Gasteiger partial charge in [0.15, 0.2) is 0 Å². The Hall–Kier alpha value is -1.14. The predicted molar refractivity (Wildman–Crippen MR) is 64.0 cm³/mol. The second kappa shape index (κ2) is 6.44. The molecule has 0 saturated carbocycles. The van der Waals surface area contributed by atoms with E-state index < -0.39 is 0 Å². The van der Waals surface area contributed by atoms with Gasteiger partial charge in [0.2, 0.25) is 17.2 Å². The monoisotopic (exact) mass is 245 g/mol. The van der Waals surface area contributed by atoms with Crippen LogP contribution in [0, 0.1) is 0 Å². The van der Waals surface area contributed by atoms with Gasteiger partial charge in [-0.1, -0.05) is 0 Å². The van der Waals surface area contributed by atoms with Crippen LogP contribution in [0.4, 0.5) is 11.9 Å². The van der Waals surface area contributed by atoms with Gasteiger partial charge in [-0.15, -0.1) is 0 Å². The zero-order valence-electron chi connectivity index (χ0n) is 9.62. The van der Waals surface area contributed by atoms with Crippen LogP contribution >= 0.6 is 11.6 Å². The summed E-state index contributed by atoms with van der Waals surface area (Å²) in [4.78, 5) is 12.0. The lowest BCUT2D eigenvalue weighted by Gasteiger charge is -2.13. The van der Waals surface area contributed by atoms with Crippen LogP contribution in [-0.4, -0.2) is 41.3 Å². The van der Waals surface area contributed by atoms with E-state index in [1.165, 1.54) is 0 Å². The molecule has 2 N–H and O–H groups in total. The summed E-state index contributed by atoms with van der Waals surface area (Å²) in [5.74, 6) is 0.877. The fourth-order valence-electron chi connectivity index (χ4n) is 1.08. The standard InChI is InChI=1S/C9H16ClN5O/c1-4-16-5-6(2)12-9-14-7(10)13-8(11-3)15-9/h6H,4-5H2,1-3H3,(H2,11,12,13,14,15). The van der Waals surface area contributed by atoms with E-state index in [0.717, 1.165) is 0 Å². The molecule has 16 heavy (non-hydrogen) atoms. The van der Waals surface area contributed by atoms with Crippen LogP contribution in [0.3, 0.4) is 0 Å². The molecule has 0 aliphatic heterocycles. The molecular formula is C9H16ClN5O. The number of hydrogen-bond acceptors (Lipinski definition) is 6. The Balaban J connectivity index is 2.61. The van der Waals surface area contributed by atoms with E-state index in [1.54, 1.807) is 7.05 Å². The van der Waals surface area contributed by atoms with Gasteiger partial charge in [-0.3, -0.25) is 0 Å². The van der Waals surface area contributed by atoms with Crippen LogP contribution in [0.2, 0.25) is 5.28 Å². The average molecular weight is 246 g/mol. The molecule has 1 aromatic rings. The van der Waals surface area contributed by atoms with Crippen LogP contribution in [0.5, 0.6) is 0 Å². The van der Waals surface area contributed by atoms with Crippen molar-refractivity contribution in [2.75, 3.05) is 30.9 Å². The fourth-order valence-corrected chi connectivity index (χ4v) is 1.24. The number of hydrogen-bond donors (Lipinski definition) is 2. The highest BCUT2D eigenvalue weighted by atomic mass is 35.5. The van der Waals surface area contributed by atoms with Crippen molar-refractivity contribution in [3.05, 3.63) is 5.28 Å². The first-order chi connectivity index (χ1) is 7.65. The van der Waals surface area contributed by atoms with E-state index in [2.05, 4.69) is 25.6 Å². The Morgan fingerprint density at radius 3 is 2.62 bits per heavy atom. The minimum atomic E-state index is 0.114. The third-order valence-corrected chi connectivity index (χ3v) is 1.95. The number of halogens is 1. The molecule has 0 fully saturated rings. The Morgan fingerprint density at radius 1 is 1.31 bits per heavy atom. The second-order valence-electron chi connectivity index (χ2n) is 3.21. The van der Waals surface area contributed by atoms with E-state index >= 15 is 0 Å². The zero-order chi connectivity index (χ0) is 12.0. The zero-order valence-corrected chi connectivity index (χ0v) is 10.4. The number of rotatable bonds is 6. The lowest BCUT2D eigenvalue weighted by atomic mass is 10.4. The topological polar surface area (TPSA) is 72.0 Å². The Kier molecular flexibility index (Phi) is 5.21. The summed E-state index contributed by atoms with van der Waals surface area (Å²) in [6, 6.07) is 0.114. The number of anilines is 2. The maximum Gasteiger partial charge on any atom is 0.229 e. The third kappa shape index (κ3) is 4.16. The Labute approximate surface area is 99.8 Å². The summed E-state index contributed by atoms with van der Waals surface area (Å²) in [5.41, 5.74) is 0. The number of aromatic nitrogens is 3. The van der Waals surface area contributed by atoms with Gasteiger partial charge in [-0.25, -0.2) is 0 Å². The molecule has 0 saturated heterocycles. The molecule has 1 atom stereocenters. The molecular weight excluding hydrogens is 230 g/mol. The van der Waals surface area contributed by atoms with Gasteiger partial charge >= 0.3 is 0 Å². The van der Waals surface area contributed by atoms with Gasteiger partial charge in [-0.2, -0.15) is 15.0 Å². The molecule has 0 radical (unpaired) electrons. The van der Waals surface area contributed by atoms with E-state index in [0.29, 0.717) is 25.1 Å². The van der Waals surface area contributed by atoms with E-state index in [1.807, 2.05) is 13.8 Å². The van der Waals surface area contributed by atoms with Crippen molar-refractivity contribution >= 4 is 23.5 Å². The molecule has 0 amide bonds. The lowest BCUT2D eigenvalue weighted by Crippen LogP contribution is -2.23. The second-order valence-corrected chi connectivity index (χ2v) is 3.54. The van der Waals surface area contributed by atoms with Gasteiger partial charge in [0.05, 0.1) is 6.61 Å². The summed E-state index contributed by atoms with van der Waals surface area (Å²) in [7, 11) is 1.72. The quantitative estimate of drug-likeness (QED) is 0.790. The maximum atomic E-state index is 5.74. The highest BCUT2D eigenvalue weighted by molar-refractivity contribution is 6.28. The summed E-state index contributed by atoms with van der Waals surface area (Å²) in [5, 5.41) is 6.05. The number of nitrogens with zero attached hydrogens (tertiary/aromatic N) is 3. The van der Waals surface area contributed by atoms with E-state index in [4.69, 9.17) is 16.3 Å². The van der Waals surface area contributed by atoms with Crippen molar-refractivity contribution in [3.63, 3.8) is 0 Å². The van der Waals surface area contributed by atoms with Crippen molar-refractivity contribution in [2.45, 2.75) is 19.9 Å². The van der Waals surface area contributed by atoms with Crippen molar-refractivity contribution in [1.29, 1.82) is 0 Å². The molecule has 0 aromatic carbocycles. The summed E-state index contributed by atoms with van der Waals surface area (Å²) < 4.78 is 5.27. The highest BCUT2D eigenvalue weighted by Gasteiger charge is 2.07. The van der Waals surface area contributed by atoms with E-state index in [-0.39, 0.29) is 11.3 Å². The summed E-state index contributed by atoms with van der Waals surface area (Å²) in [6.07, 6.45) is 0. The largest absolute Gasteiger partial charge is 0.380 e. The molecule has 0 aliphatic carbocycles. The third-order valence-electron chi connectivity index (χ3n) is 1.78. The lowest BCUT2D eigenvalue weighted by molar-refractivity contribution is 0.141. The molecule has 7 heteroatoms. The fraction of sp³-hybridized carbons (Fsp3) is 0.667. The Morgan fingerprint density at radius 2 is 2.00 bits per heavy atom. The summed E-state index contributed by atoms with van der Waals surface area (Å²) in [6.45, 7) is 5.21. The molecule has 6 nitrogen and oxygen atoms in total. The van der Waals surface area contributed by atoms with Crippen molar-refractivity contribution in [2.24, 2.45) is 0 Å². The van der Waals surface area contributed by atoms with Crippen LogP contribution < -0.4 is 10.6 Å². The first-order valence-corrected chi connectivity index (χ1v) is 5.47. The predicted octanol–water partition coefficient (Wildman–Crippen LogP) is 1.40. The number of ether oxygens (including phenoxy) is 1. The minimum absolute atomic E-state index is 0.114. The van der Waals surface area contributed by atoms with Crippen LogP contribution in [0.1, 0.15) is 13.8 Å². The maximum absolute atomic E-state index is 5.74. The molecule has 0 aliphatic rings. The molecule has 1 rings (SSSR count). The van der Waals surface area contributed by atoms with Gasteiger partial charge < -0.3 is 15.4 Å². The smallest absolute Gasteiger partial charge is 0.229 e. The molecule has 90 valence electrons. The average Bonchev–Trinajstić information content (AvgIpc) is 2.25. The van der Waals surface area contributed by atoms with Gasteiger partial charge in [-0.05, 0) is 25.4 Å². The van der Waals surface area contributed by atoms with Gasteiger partial charge in [0.1, 0.15) is 0 Å². The minimum Gasteiger partial charge on any atom is -0.380 e. The molecule has 0 spiro atoms. The number of nitrogens with one attached hydrogen (secondary N) is 2. The SMILES string of the molecule is CCOCC(C)Nc1nc(Cl)nc(NC)n1. The van der Waals surface area contributed by atoms with Gasteiger partial charge in [0.25, 0.3) is 0 Å². The first kappa shape index (κ1) is 12.9. The van der Waals surface area contributed by atoms with Crippen molar-refractivity contribution < 1.29 is 4.74 Å². The molecule has 0 bridgehead atoms. The molecule has 1 heterocycles. The van der Waals surface area contributed by atoms with Crippen LogP contribution in [-0.2, 0) is 4.74 Å². The van der Waals surface area contributed by atoms with Crippen LogP contribution in [0.15, 0.2) is 0 Å². The molecule has 1 unspecified atom stereocenters. The summed E-state index contributed by atoms with van der Waals surface area (Å²) >= 11 is 5.74. The van der Waals surface area contributed by atoms with Gasteiger partial charge in [0, 0.05) is 19.7 Å². The van der Waals surface area contributed by atoms with Crippen LogP contribution in [0.25, 0.3) is 0 Å². The highest BCUT2D eigenvalue weighted by Crippen LogP contribution is 2.09. The first-order valence-electron chi connectivity index (χ1n) is 5.09. The van der Waals surface area contributed by atoms with Crippen molar-refractivity contribution in [3.8, 4) is 0 Å².